The minimum absolute atomic E-state index is 0.257. The van der Waals surface area contributed by atoms with E-state index >= 15 is 0 Å². The van der Waals surface area contributed by atoms with E-state index in [1.807, 2.05) is 25.1 Å². The number of benzene rings is 1. The molecule has 0 radical (unpaired) electrons. The molecule has 142 valence electrons. The van der Waals surface area contributed by atoms with Gasteiger partial charge in [0.05, 0.1) is 6.26 Å². The van der Waals surface area contributed by atoms with Crippen molar-refractivity contribution in [1.29, 1.82) is 0 Å². The van der Waals surface area contributed by atoms with E-state index < -0.39 is 24.5 Å². The molecule has 0 unspecified atom stereocenters. The van der Waals surface area contributed by atoms with Crippen LogP contribution in [0, 0.1) is 6.92 Å². The van der Waals surface area contributed by atoms with Gasteiger partial charge in [0, 0.05) is 18.4 Å². The molecular formula is C19H20N2O5S. The van der Waals surface area contributed by atoms with Crippen molar-refractivity contribution in [2.24, 2.45) is 0 Å². The summed E-state index contributed by atoms with van der Waals surface area (Å²) in [5, 5.41) is 2.33. The molecule has 0 spiro atoms. The third-order valence-corrected chi connectivity index (χ3v) is 5.47. The molecule has 1 fully saturated rings. The van der Waals surface area contributed by atoms with E-state index in [-0.39, 0.29) is 11.3 Å². The Kier molecular flexibility index (Phi) is 5.85. The van der Waals surface area contributed by atoms with Crippen LogP contribution < -0.4 is 5.32 Å². The lowest BCUT2D eigenvalue weighted by Crippen LogP contribution is -2.43. The van der Waals surface area contributed by atoms with E-state index in [2.05, 4.69) is 5.32 Å². The van der Waals surface area contributed by atoms with Gasteiger partial charge in [-0.2, -0.15) is 0 Å². The molecule has 3 rings (SSSR count). The third kappa shape index (κ3) is 4.33. The molecule has 2 aromatic rings. The summed E-state index contributed by atoms with van der Waals surface area (Å²) in [6.45, 7) is 2.86. The molecule has 0 aliphatic carbocycles. The van der Waals surface area contributed by atoms with Crippen LogP contribution in [-0.4, -0.2) is 41.1 Å². The lowest BCUT2D eigenvalue weighted by atomic mass is 10.2. The zero-order valence-corrected chi connectivity index (χ0v) is 15.8. The number of hydrogen-bond donors (Lipinski definition) is 1. The van der Waals surface area contributed by atoms with Gasteiger partial charge in [-0.05, 0) is 30.7 Å². The molecule has 2 atom stereocenters. The fourth-order valence-corrected chi connectivity index (χ4v) is 4.27. The molecule has 7 nitrogen and oxygen atoms in total. The van der Waals surface area contributed by atoms with Crippen molar-refractivity contribution >= 4 is 35.2 Å². The summed E-state index contributed by atoms with van der Waals surface area (Å²) >= 11 is 1.42. The minimum atomic E-state index is -0.756. The van der Waals surface area contributed by atoms with Crippen LogP contribution in [0.2, 0.25) is 0 Å². The van der Waals surface area contributed by atoms with Gasteiger partial charge in [-0.3, -0.25) is 9.59 Å². The number of hydrogen-bond acceptors (Lipinski definition) is 6. The van der Waals surface area contributed by atoms with Crippen LogP contribution in [0.1, 0.15) is 23.6 Å². The standard InChI is InChI=1S/C19H20N2O5S/c1-12-6-3-4-7-14(12)20-17(23)10-26-19(24)15-11-27-18(21(15)13(2)22)16-8-5-9-25-16/h3-9,15,18H,10-11H2,1-2H3,(H,20,23)/t15-,18-/m0/s1. The lowest BCUT2D eigenvalue weighted by Gasteiger charge is -2.25. The number of anilines is 1. The summed E-state index contributed by atoms with van der Waals surface area (Å²) in [4.78, 5) is 38.0. The molecule has 1 N–H and O–H groups in total. The summed E-state index contributed by atoms with van der Waals surface area (Å²) in [7, 11) is 0. The van der Waals surface area contributed by atoms with Gasteiger partial charge in [0.15, 0.2) is 6.61 Å². The highest BCUT2D eigenvalue weighted by molar-refractivity contribution is 7.99. The summed E-state index contributed by atoms with van der Waals surface area (Å²) < 4.78 is 10.5. The smallest absolute Gasteiger partial charge is 0.330 e. The average molecular weight is 388 g/mol. The molecule has 27 heavy (non-hydrogen) atoms. The fraction of sp³-hybridized carbons (Fsp3) is 0.316. The number of nitrogens with one attached hydrogen (secondary N) is 1. The Morgan fingerprint density at radius 1 is 1.26 bits per heavy atom. The van der Waals surface area contributed by atoms with Crippen LogP contribution in [0.15, 0.2) is 47.1 Å². The molecular weight excluding hydrogens is 368 g/mol. The molecule has 2 amide bonds. The highest BCUT2D eigenvalue weighted by atomic mass is 32.2. The van der Waals surface area contributed by atoms with Gasteiger partial charge in [-0.15, -0.1) is 11.8 Å². The van der Waals surface area contributed by atoms with Gasteiger partial charge < -0.3 is 19.4 Å². The number of para-hydroxylation sites is 1. The molecule has 0 saturated carbocycles. The summed E-state index contributed by atoms with van der Waals surface area (Å²) in [6.07, 6.45) is 1.52. The summed E-state index contributed by atoms with van der Waals surface area (Å²) in [5.74, 6) is -0.314. The Morgan fingerprint density at radius 2 is 2.04 bits per heavy atom. The van der Waals surface area contributed by atoms with Crippen LogP contribution in [0.3, 0.4) is 0 Å². The van der Waals surface area contributed by atoms with E-state index in [9.17, 15) is 14.4 Å². The first-order valence-corrected chi connectivity index (χ1v) is 9.48. The van der Waals surface area contributed by atoms with Gasteiger partial charge in [0.1, 0.15) is 17.2 Å². The van der Waals surface area contributed by atoms with Gasteiger partial charge >= 0.3 is 5.97 Å². The maximum absolute atomic E-state index is 12.5. The van der Waals surface area contributed by atoms with E-state index in [0.29, 0.717) is 17.2 Å². The number of furan rings is 1. The van der Waals surface area contributed by atoms with Crippen molar-refractivity contribution in [3.8, 4) is 0 Å². The molecule has 1 saturated heterocycles. The normalized spacial score (nSPS) is 19.0. The first-order chi connectivity index (χ1) is 13.0. The largest absolute Gasteiger partial charge is 0.466 e. The van der Waals surface area contributed by atoms with Gasteiger partial charge in [-0.1, -0.05) is 18.2 Å². The Bertz CT molecular complexity index is 836. The van der Waals surface area contributed by atoms with Crippen molar-refractivity contribution in [3.05, 3.63) is 54.0 Å². The zero-order chi connectivity index (χ0) is 19.4. The summed E-state index contributed by atoms with van der Waals surface area (Å²) in [5.41, 5.74) is 1.58. The number of aryl methyl sites for hydroxylation is 1. The highest BCUT2D eigenvalue weighted by Gasteiger charge is 2.43. The maximum atomic E-state index is 12.5. The molecule has 1 aromatic heterocycles. The van der Waals surface area contributed by atoms with E-state index in [4.69, 9.17) is 9.15 Å². The highest BCUT2D eigenvalue weighted by Crippen LogP contribution is 2.41. The number of esters is 1. The van der Waals surface area contributed by atoms with Gasteiger partial charge in [-0.25, -0.2) is 4.79 Å². The first kappa shape index (κ1) is 19.0. The molecule has 2 heterocycles. The van der Waals surface area contributed by atoms with E-state index in [1.54, 1.807) is 18.2 Å². The molecule has 8 heteroatoms. The van der Waals surface area contributed by atoms with Crippen LogP contribution >= 0.6 is 11.8 Å². The predicted molar refractivity (Wildman–Crippen MR) is 101 cm³/mol. The SMILES string of the molecule is CC(=O)N1[C@H](C(=O)OCC(=O)Nc2ccccc2C)CS[C@H]1c1ccco1. The Hall–Kier alpha value is -2.74. The minimum Gasteiger partial charge on any atom is -0.466 e. The number of carbonyl (C=O) groups is 3. The lowest BCUT2D eigenvalue weighted by molar-refractivity contribution is -0.155. The molecule has 1 aliphatic heterocycles. The summed E-state index contributed by atoms with van der Waals surface area (Å²) in [6, 6.07) is 10.1. The van der Waals surface area contributed by atoms with Crippen LogP contribution in [0.25, 0.3) is 0 Å². The number of rotatable bonds is 5. The molecule has 0 bridgehead atoms. The predicted octanol–water partition coefficient (Wildman–Crippen LogP) is 2.73. The number of carbonyl (C=O) groups excluding carboxylic acids is 3. The van der Waals surface area contributed by atoms with Gasteiger partial charge in [0.2, 0.25) is 5.91 Å². The van der Waals surface area contributed by atoms with E-state index in [1.165, 1.54) is 29.8 Å². The second-order valence-corrected chi connectivity index (χ2v) is 7.23. The maximum Gasteiger partial charge on any atom is 0.330 e. The average Bonchev–Trinajstić information content (AvgIpc) is 3.30. The van der Waals surface area contributed by atoms with Crippen molar-refractivity contribution in [2.45, 2.75) is 25.3 Å². The fourth-order valence-electron chi connectivity index (χ4n) is 2.86. The van der Waals surface area contributed by atoms with E-state index in [0.717, 1.165) is 5.56 Å². The Labute approximate surface area is 161 Å². The van der Waals surface area contributed by atoms with Crippen molar-refractivity contribution in [2.75, 3.05) is 17.7 Å². The Morgan fingerprint density at radius 3 is 2.70 bits per heavy atom. The Balaban J connectivity index is 1.59. The van der Waals surface area contributed by atoms with Crippen LogP contribution in [-0.2, 0) is 19.1 Å². The van der Waals surface area contributed by atoms with Crippen LogP contribution in [0.5, 0.6) is 0 Å². The molecule has 1 aromatic carbocycles. The van der Waals surface area contributed by atoms with Crippen molar-refractivity contribution in [1.82, 2.24) is 4.90 Å². The number of ether oxygens (including phenoxy) is 1. The second-order valence-electron chi connectivity index (χ2n) is 6.11. The monoisotopic (exact) mass is 388 g/mol. The number of thioether (sulfide) groups is 1. The van der Waals surface area contributed by atoms with Crippen molar-refractivity contribution < 1.29 is 23.5 Å². The molecule has 1 aliphatic rings. The number of nitrogens with zero attached hydrogens (tertiary/aromatic N) is 1. The number of amides is 2. The quantitative estimate of drug-likeness (QED) is 0.793. The zero-order valence-electron chi connectivity index (χ0n) is 15.0. The third-order valence-electron chi connectivity index (χ3n) is 4.19. The van der Waals surface area contributed by atoms with Gasteiger partial charge in [0.25, 0.3) is 5.91 Å². The first-order valence-electron chi connectivity index (χ1n) is 8.43. The second kappa shape index (κ2) is 8.30. The van der Waals surface area contributed by atoms with Crippen molar-refractivity contribution in [3.63, 3.8) is 0 Å². The topological polar surface area (TPSA) is 88.8 Å². The van der Waals surface area contributed by atoms with Crippen LogP contribution in [0.4, 0.5) is 5.69 Å².